The minimum absolute atomic E-state index is 0.203. The molecule has 0 spiro atoms. The first kappa shape index (κ1) is 10.5. The highest BCUT2D eigenvalue weighted by molar-refractivity contribution is 5.46. The molecule has 0 amide bonds. The fourth-order valence-corrected chi connectivity index (χ4v) is 2.08. The van der Waals surface area contributed by atoms with E-state index in [-0.39, 0.29) is 6.04 Å². The first-order valence-corrected chi connectivity index (χ1v) is 5.90. The molecule has 2 aromatic rings. The normalized spacial score (nSPS) is 20.6. The summed E-state index contributed by atoms with van der Waals surface area (Å²) in [5.41, 5.74) is 0.748. The molecule has 3 heterocycles. The van der Waals surface area contributed by atoms with Gasteiger partial charge in [-0.3, -0.25) is 4.68 Å². The van der Waals surface area contributed by atoms with Crippen molar-refractivity contribution in [2.24, 2.45) is 7.05 Å². The van der Waals surface area contributed by atoms with Crippen LogP contribution < -0.4 is 5.32 Å². The van der Waals surface area contributed by atoms with Crippen molar-refractivity contribution in [3.05, 3.63) is 18.2 Å². The van der Waals surface area contributed by atoms with E-state index >= 15 is 0 Å². The SMILES string of the molecule is Cn1ccc(-c2noc([C@H]3CCCCN3)n2)n1. The molecular formula is C11H15N5O. The Balaban J connectivity index is 1.82. The molecular weight excluding hydrogens is 218 g/mol. The van der Waals surface area contributed by atoms with Crippen molar-refractivity contribution < 1.29 is 4.52 Å². The second kappa shape index (κ2) is 4.29. The van der Waals surface area contributed by atoms with Crippen LogP contribution in [0.4, 0.5) is 0 Å². The Hall–Kier alpha value is -1.69. The summed E-state index contributed by atoms with van der Waals surface area (Å²) in [6, 6.07) is 2.08. The van der Waals surface area contributed by atoms with Crippen LogP contribution in [-0.4, -0.2) is 26.5 Å². The quantitative estimate of drug-likeness (QED) is 0.846. The topological polar surface area (TPSA) is 68.8 Å². The van der Waals surface area contributed by atoms with Crippen LogP contribution >= 0.6 is 0 Å². The molecule has 1 fully saturated rings. The molecule has 6 nitrogen and oxygen atoms in total. The molecule has 1 N–H and O–H groups in total. The van der Waals surface area contributed by atoms with E-state index in [2.05, 4.69) is 20.6 Å². The van der Waals surface area contributed by atoms with Crippen LogP contribution in [0.2, 0.25) is 0 Å². The van der Waals surface area contributed by atoms with Gasteiger partial charge in [-0.05, 0) is 25.5 Å². The number of rotatable bonds is 2. The lowest BCUT2D eigenvalue weighted by molar-refractivity contribution is 0.297. The molecule has 1 atom stereocenters. The van der Waals surface area contributed by atoms with Gasteiger partial charge in [0.05, 0.1) is 6.04 Å². The monoisotopic (exact) mass is 233 g/mol. The molecule has 0 aliphatic carbocycles. The van der Waals surface area contributed by atoms with Gasteiger partial charge in [0.25, 0.3) is 0 Å². The molecule has 3 rings (SSSR count). The minimum Gasteiger partial charge on any atom is -0.337 e. The molecule has 2 aromatic heterocycles. The largest absolute Gasteiger partial charge is 0.337 e. The third kappa shape index (κ3) is 2.08. The Labute approximate surface area is 99.0 Å². The lowest BCUT2D eigenvalue weighted by Gasteiger charge is -2.19. The number of nitrogens with one attached hydrogen (secondary N) is 1. The van der Waals surface area contributed by atoms with Gasteiger partial charge in [-0.15, -0.1) is 0 Å². The van der Waals surface area contributed by atoms with Crippen molar-refractivity contribution in [1.82, 2.24) is 25.2 Å². The van der Waals surface area contributed by atoms with Crippen LogP contribution in [0.15, 0.2) is 16.8 Å². The molecule has 17 heavy (non-hydrogen) atoms. The van der Waals surface area contributed by atoms with E-state index in [0.717, 1.165) is 18.7 Å². The highest BCUT2D eigenvalue weighted by atomic mass is 16.5. The average Bonchev–Trinajstić information content (AvgIpc) is 2.98. The molecule has 0 unspecified atom stereocenters. The molecule has 0 aromatic carbocycles. The Morgan fingerprint density at radius 2 is 2.41 bits per heavy atom. The number of aromatic nitrogens is 4. The Kier molecular flexibility index (Phi) is 2.64. The van der Waals surface area contributed by atoms with E-state index in [1.807, 2.05) is 19.3 Å². The maximum atomic E-state index is 5.29. The molecule has 0 saturated carbocycles. The van der Waals surface area contributed by atoms with Gasteiger partial charge in [-0.2, -0.15) is 10.1 Å². The van der Waals surface area contributed by atoms with E-state index in [0.29, 0.717) is 11.7 Å². The molecule has 6 heteroatoms. The predicted molar refractivity (Wildman–Crippen MR) is 61.1 cm³/mol. The molecule has 90 valence electrons. The van der Waals surface area contributed by atoms with Gasteiger partial charge in [0, 0.05) is 13.2 Å². The van der Waals surface area contributed by atoms with Crippen molar-refractivity contribution in [3.63, 3.8) is 0 Å². The van der Waals surface area contributed by atoms with E-state index in [1.165, 1.54) is 12.8 Å². The third-order valence-corrected chi connectivity index (χ3v) is 2.99. The van der Waals surface area contributed by atoms with Crippen molar-refractivity contribution in [2.45, 2.75) is 25.3 Å². The van der Waals surface area contributed by atoms with E-state index in [4.69, 9.17) is 4.52 Å². The van der Waals surface area contributed by atoms with Gasteiger partial charge in [0.15, 0.2) is 0 Å². The summed E-state index contributed by atoms with van der Waals surface area (Å²) in [7, 11) is 1.87. The van der Waals surface area contributed by atoms with Crippen LogP contribution in [0.1, 0.15) is 31.2 Å². The maximum absolute atomic E-state index is 5.29. The summed E-state index contributed by atoms with van der Waals surface area (Å²) in [5, 5.41) is 11.6. The van der Waals surface area contributed by atoms with Crippen LogP contribution in [-0.2, 0) is 7.05 Å². The van der Waals surface area contributed by atoms with E-state index in [9.17, 15) is 0 Å². The Morgan fingerprint density at radius 1 is 1.47 bits per heavy atom. The number of hydrogen-bond acceptors (Lipinski definition) is 5. The molecule has 1 aliphatic heterocycles. The number of nitrogens with zero attached hydrogens (tertiary/aromatic N) is 4. The number of hydrogen-bond donors (Lipinski definition) is 1. The van der Waals surface area contributed by atoms with Crippen molar-refractivity contribution >= 4 is 0 Å². The highest BCUT2D eigenvalue weighted by Crippen LogP contribution is 2.23. The minimum atomic E-state index is 0.203. The van der Waals surface area contributed by atoms with Gasteiger partial charge in [0.1, 0.15) is 5.69 Å². The van der Waals surface area contributed by atoms with Gasteiger partial charge in [0.2, 0.25) is 11.7 Å². The summed E-state index contributed by atoms with van der Waals surface area (Å²) >= 11 is 0. The predicted octanol–water partition coefficient (Wildman–Crippen LogP) is 1.28. The summed E-state index contributed by atoms with van der Waals surface area (Å²) in [6.45, 7) is 1.02. The standard InChI is InChI=1S/C11H15N5O/c1-16-7-5-8(14-16)10-13-11(17-15-10)9-4-2-3-6-12-9/h5,7,9,12H,2-4,6H2,1H3/t9-/m1/s1. The van der Waals surface area contributed by atoms with Gasteiger partial charge < -0.3 is 9.84 Å². The maximum Gasteiger partial charge on any atom is 0.244 e. The summed E-state index contributed by atoms with van der Waals surface area (Å²) in [6.07, 6.45) is 5.35. The highest BCUT2D eigenvalue weighted by Gasteiger charge is 2.21. The van der Waals surface area contributed by atoms with E-state index in [1.54, 1.807) is 4.68 Å². The van der Waals surface area contributed by atoms with Crippen molar-refractivity contribution in [1.29, 1.82) is 0 Å². The average molecular weight is 233 g/mol. The zero-order valence-electron chi connectivity index (χ0n) is 9.76. The van der Waals surface area contributed by atoms with Crippen LogP contribution in [0, 0.1) is 0 Å². The molecule has 0 radical (unpaired) electrons. The van der Waals surface area contributed by atoms with Gasteiger partial charge in [-0.1, -0.05) is 11.6 Å². The Bertz CT molecular complexity index is 497. The molecule has 0 bridgehead atoms. The molecule has 1 aliphatic rings. The smallest absolute Gasteiger partial charge is 0.244 e. The van der Waals surface area contributed by atoms with Crippen molar-refractivity contribution in [2.75, 3.05) is 6.54 Å². The fourth-order valence-electron chi connectivity index (χ4n) is 2.08. The lowest BCUT2D eigenvalue weighted by Crippen LogP contribution is -2.26. The first-order valence-electron chi connectivity index (χ1n) is 5.90. The fraction of sp³-hybridized carbons (Fsp3) is 0.545. The lowest BCUT2D eigenvalue weighted by atomic mass is 10.1. The first-order chi connectivity index (χ1) is 8.33. The van der Waals surface area contributed by atoms with Crippen LogP contribution in [0.3, 0.4) is 0 Å². The number of aryl methyl sites for hydroxylation is 1. The summed E-state index contributed by atoms with van der Waals surface area (Å²) in [4.78, 5) is 4.40. The van der Waals surface area contributed by atoms with Gasteiger partial charge in [-0.25, -0.2) is 0 Å². The summed E-state index contributed by atoms with van der Waals surface area (Å²) < 4.78 is 7.02. The van der Waals surface area contributed by atoms with E-state index < -0.39 is 0 Å². The Morgan fingerprint density at radius 3 is 3.12 bits per heavy atom. The molecule has 1 saturated heterocycles. The van der Waals surface area contributed by atoms with Crippen LogP contribution in [0.5, 0.6) is 0 Å². The number of piperidine rings is 1. The summed E-state index contributed by atoms with van der Waals surface area (Å²) in [5.74, 6) is 1.23. The zero-order chi connectivity index (χ0) is 11.7. The second-order valence-corrected chi connectivity index (χ2v) is 4.33. The van der Waals surface area contributed by atoms with Crippen LogP contribution in [0.25, 0.3) is 11.5 Å². The van der Waals surface area contributed by atoms with Gasteiger partial charge >= 0.3 is 0 Å². The zero-order valence-corrected chi connectivity index (χ0v) is 9.76. The third-order valence-electron chi connectivity index (χ3n) is 2.99. The van der Waals surface area contributed by atoms with Crippen molar-refractivity contribution in [3.8, 4) is 11.5 Å². The second-order valence-electron chi connectivity index (χ2n) is 4.33.